The van der Waals surface area contributed by atoms with Gasteiger partial charge in [0.2, 0.25) is 5.91 Å². The second kappa shape index (κ2) is 7.79. The molecule has 0 aromatic heterocycles. The molecule has 0 atom stereocenters. The standard InChI is InChI=1S/C17H15FN2O2/c18-14-3-7-16(8-4-14)22-12-10-17(21)20-15-5-1-13(2-6-15)9-11-19/h1-8H,9-10,12H2,(H,20,21). The summed E-state index contributed by atoms with van der Waals surface area (Å²) in [4.78, 5) is 11.8. The first-order chi connectivity index (χ1) is 10.7. The van der Waals surface area contributed by atoms with Crippen molar-refractivity contribution in [3.05, 3.63) is 59.9 Å². The Kier molecular flexibility index (Phi) is 5.50. The Labute approximate surface area is 128 Å². The summed E-state index contributed by atoms with van der Waals surface area (Å²) in [7, 11) is 0. The van der Waals surface area contributed by atoms with E-state index in [1.807, 2.05) is 0 Å². The normalized spacial score (nSPS) is 9.82. The highest BCUT2D eigenvalue weighted by molar-refractivity contribution is 5.90. The summed E-state index contributed by atoms with van der Waals surface area (Å²) < 4.78 is 18.1. The second-order valence-corrected chi connectivity index (χ2v) is 4.63. The summed E-state index contributed by atoms with van der Waals surface area (Å²) in [5, 5.41) is 11.3. The number of carbonyl (C=O) groups is 1. The minimum Gasteiger partial charge on any atom is -0.493 e. The van der Waals surface area contributed by atoms with Gasteiger partial charge in [-0.25, -0.2) is 4.39 Å². The molecule has 2 rings (SSSR count). The number of ether oxygens (including phenoxy) is 1. The smallest absolute Gasteiger partial charge is 0.227 e. The van der Waals surface area contributed by atoms with Gasteiger partial charge in [0.15, 0.2) is 0 Å². The lowest BCUT2D eigenvalue weighted by Gasteiger charge is -2.07. The summed E-state index contributed by atoms with van der Waals surface area (Å²) in [5.41, 5.74) is 1.58. The largest absolute Gasteiger partial charge is 0.493 e. The van der Waals surface area contributed by atoms with Gasteiger partial charge in [-0.05, 0) is 42.0 Å². The van der Waals surface area contributed by atoms with Crippen molar-refractivity contribution >= 4 is 11.6 Å². The van der Waals surface area contributed by atoms with Gasteiger partial charge in [0, 0.05) is 5.69 Å². The Bertz CT molecular complexity index is 661. The average Bonchev–Trinajstić information content (AvgIpc) is 2.51. The fourth-order valence-electron chi connectivity index (χ4n) is 1.81. The second-order valence-electron chi connectivity index (χ2n) is 4.63. The first-order valence-corrected chi connectivity index (χ1v) is 6.81. The number of nitrogens with zero attached hydrogens (tertiary/aromatic N) is 1. The predicted molar refractivity (Wildman–Crippen MR) is 80.9 cm³/mol. The zero-order valence-electron chi connectivity index (χ0n) is 11.9. The lowest BCUT2D eigenvalue weighted by molar-refractivity contribution is -0.116. The van der Waals surface area contributed by atoms with Crippen molar-refractivity contribution in [2.24, 2.45) is 0 Å². The Balaban J connectivity index is 1.75. The van der Waals surface area contributed by atoms with Crippen molar-refractivity contribution in [3.8, 4) is 11.8 Å². The van der Waals surface area contributed by atoms with E-state index in [1.165, 1.54) is 24.3 Å². The van der Waals surface area contributed by atoms with Gasteiger partial charge in [-0.3, -0.25) is 4.79 Å². The van der Waals surface area contributed by atoms with E-state index in [0.29, 0.717) is 17.9 Å². The minimum absolute atomic E-state index is 0.171. The van der Waals surface area contributed by atoms with Gasteiger partial charge < -0.3 is 10.1 Å². The van der Waals surface area contributed by atoms with Crippen LogP contribution < -0.4 is 10.1 Å². The van der Waals surface area contributed by atoms with Gasteiger partial charge in [-0.2, -0.15) is 5.26 Å². The number of nitriles is 1. The molecule has 2 aromatic carbocycles. The molecule has 0 unspecified atom stereocenters. The third kappa shape index (κ3) is 4.91. The van der Waals surface area contributed by atoms with Gasteiger partial charge in [-0.1, -0.05) is 12.1 Å². The van der Waals surface area contributed by atoms with Crippen molar-refractivity contribution in [3.63, 3.8) is 0 Å². The van der Waals surface area contributed by atoms with Crippen molar-refractivity contribution in [2.75, 3.05) is 11.9 Å². The van der Waals surface area contributed by atoms with E-state index in [4.69, 9.17) is 10.00 Å². The number of benzene rings is 2. The Morgan fingerprint density at radius 2 is 1.82 bits per heavy atom. The molecule has 0 aliphatic heterocycles. The molecule has 1 N–H and O–H groups in total. The molecule has 0 saturated carbocycles. The average molecular weight is 298 g/mol. The lowest BCUT2D eigenvalue weighted by atomic mass is 10.1. The molecule has 0 bridgehead atoms. The van der Waals surface area contributed by atoms with Crippen molar-refractivity contribution in [1.82, 2.24) is 0 Å². The highest BCUT2D eigenvalue weighted by Gasteiger charge is 2.03. The molecule has 0 radical (unpaired) electrons. The molecule has 4 nitrogen and oxygen atoms in total. The Morgan fingerprint density at radius 1 is 1.14 bits per heavy atom. The van der Waals surface area contributed by atoms with Crippen LogP contribution in [0.15, 0.2) is 48.5 Å². The minimum atomic E-state index is -0.329. The Morgan fingerprint density at radius 3 is 2.45 bits per heavy atom. The maximum atomic E-state index is 12.7. The van der Waals surface area contributed by atoms with Crippen LogP contribution in [0.3, 0.4) is 0 Å². The van der Waals surface area contributed by atoms with E-state index in [9.17, 15) is 9.18 Å². The SMILES string of the molecule is N#CCc1ccc(NC(=O)CCOc2ccc(F)cc2)cc1. The van der Waals surface area contributed by atoms with Crippen LogP contribution in [0.4, 0.5) is 10.1 Å². The molecule has 22 heavy (non-hydrogen) atoms. The molecular formula is C17H15FN2O2. The summed E-state index contributed by atoms with van der Waals surface area (Å²) in [5.74, 6) is 0.0233. The number of amides is 1. The quantitative estimate of drug-likeness (QED) is 0.890. The molecule has 0 saturated heterocycles. The maximum absolute atomic E-state index is 12.7. The van der Waals surface area contributed by atoms with Crippen LogP contribution in [0.25, 0.3) is 0 Å². The number of carbonyl (C=O) groups excluding carboxylic acids is 1. The van der Waals surface area contributed by atoms with E-state index in [1.54, 1.807) is 24.3 Å². The van der Waals surface area contributed by atoms with Crippen LogP contribution in [0.1, 0.15) is 12.0 Å². The topological polar surface area (TPSA) is 62.1 Å². The molecule has 2 aromatic rings. The van der Waals surface area contributed by atoms with Gasteiger partial charge in [-0.15, -0.1) is 0 Å². The number of hydrogen-bond acceptors (Lipinski definition) is 3. The third-order valence-electron chi connectivity index (χ3n) is 2.93. The highest BCUT2D eigenvalue weighted by Crippen LogP contribution is 2.12. The highest BCUT2D eigenvalue weighted by atomic mass is 19.1. The molecule has 0 aliphatic rings. The van der Waals surface area contributed by atoms with E-state index in [0.717, 1.165) is 5.56 Å². The van der Waals surface area contributed by atoms with Crippen LogP contribution >= 0.6 is 0 Å². The first-order valence-electron chi connectivity index (χ1n) is 6.81. The zero-order chi connectivity index (χ0) is 15.8. The lowest BCUT2D eigenvalue weighted by Crippen LogP contribution is -2.15. The summed E-state index contributed by atoms with van der Waals surface area (Å²) in [6.07, 6.45) is 0.539. The van der Waals surface area contributed by atoms with Crippen molar-refractivity contribution in [2.45, 2.75) is 12.8 Å². The van der Waals surface area contributed by atoms with E-state index >= 15 is 0 Å². The molecule has 0 heterocycles. The van der Waals surface area contributed by atoms with Crippen LogP contribution in [-0.4, -0.2) is 12.5 Å². The van der Waals surface area contributed by atoms with Crippen LogP contribution in [-0.2, 0) is 11.2 Å². The summed E-state index contributed by atoms with van der Waals surface area (Å²) >= 11 is 0. The number of hydrogen-bond donors (Lipinski definition) is 1. The van der Waals surface area contributed by atoms with Crippen molar-refractivity contribution < 1.29 is 13.9 Å². The van der Waals surface area contributed by atoms with Gasteiger partial charge in [0.25, 0.3) is 0 Å². The van der Waals surface area contributed by atoms with Gasteiger partial charge in [0.1, 0.15) is 11.6 Å². The molecular weight excluding hydrogens is 283 g/mol. The summed E-state index contributed by atoms with van der Waals surface area (Å²) in [6.45, 7) is 0.212. The first kappa shape index (κ1) is 15.5. The number of anilines is 1. The molecule has 112 valence electrons. The maximum Gasteiger partial charge on any atom is 0.227 e. The molecule has 0 spiro atoms. The number of halogens is 1. The van der Waals surface area contributed by atoms with Crippen LogP contribution in [0, 0.1) is 17.1 Å². The van der Waals surface area contributed by atoms with Crippen LogP contribution in [0.5, 0.6) is 5.75 Å². The monoisotopic (exact) mass is 298 g/mol. The molecule has 0 fully saturated rings. The Hall–Kier alpha value is -2.87. The van der Waals surface area contributed by atoms with E-state index < -0.39 is 0 Å². The fourth-order valence-corrected chi connectivity index (χ4v) is 1.81. The third-order valence-corrected chi connectivity index (χ3v) is 2.93. The molecule has 5 heteroatoms. The van der Waals surface area contributed by atoms with Crippen LogP contribution in [0.2, 0.25) is 0 Å². The predicted octanol–water partition coefficient (Wildman–Crippen LogP) is 3.30. The van der Waals surface area contributed by atoms with Crippen molar-refractivity contribution in [1.29, 1.82) is 5.26 Å². The fraction of sp³-hybridized carbons (Fsp3) is 0.176. The number of rotatable bonds is 6. The molecule has 0 aliphatic carbocycles. The summed E-state index contributed by atoms with van der Waals surface area (Å²) in [6, 6.07) is 14.8. The zero-order valence-corrected chi connectivity index (χ0v) is 11.9. The number of nitrogens with one attached hydrogen (secondary N) is 1. The van der Waals surface area contributed by atoms with Gasteiger partial charge in [0.05, 0.1) is 25.5 Å². The van der Waals surface area contributed by atoms with E-state index in [2.05, 4.69) is 11.4 Å². The van der Waals surface area contributed by atoms with E-state index in [-0.39, 0.29) is 24.8 Å². The van der Waals surface area contributed by atoms with Gasteiger partial charge >= 0.3 is 0 Å². The molecule has 1 amide bonds.